The van der Waals surface area contributed by atoms with Crippen molar-refractivity contribution in [2.75, 3.05) is 11.1 Å². The van der Waals surface area contributed by atoms with E-state index in [0.29, 0.717) is 5.88 Å². The van der Waals surface area contributed by atoms with Crippen molar-refractivity contribution < 1.29 is 9.32 Å². The lowest BCUT2D eigenvalue weighted by atomic mass is 9.92. The molecule has 0 atom stereocenters. The smallest absolute Gasteiger partial charge is 0.237 e. The molecule has 7 heteroatoms. The molecule has 0 aliphatic carbocycles. The zero-order chi connectivity index (χ0) is 13.1. The first-order valence-corrected chi connectivity index (χ1v) is 6.01. The minimum atomic E-state index is -0.276. The molecule has 4 N–H and O–H groups in total. The fraction of sp³-hybridized carbons (Fsp3) is 0.500. The van der Waals surface area contributed by atoms with Crippen LogP contribution in [-0.2, 0) is 10.2 Å². The van der Waals surface area contributed by atoms with Gasteiger partial charge in [0.2, 0.25) is 11.8 Å². The summed E-state index contributed by atoms with van der Waals surface area (Å²) in [5.41, 5.74) is 5.77. The molecule has 1 rings (SSSR count). The van der Waals surface area contributed by atoms with Crippen LogP contribution in [0.4, 0.5) is 5.88 Å². The van der Waals surface area contributed by atoms with Gasteiger partial charge in [-0.3, -0.25) is 15.5 Å². The third-order valence-corrected chi connectivity index (χ3v) is 2.62. The Morgan fingerprint density at radius 3 is 2.76 bits per heavy atom. The number of amides is 1. The van der Waals surface area contributed by atoms with E-state index < -0.39 is 0 Å². The van der Waals surface area contributed by atoms with Crippen molar-refractivity contribution in [1.29, 1.82) is 5.41 Å². The molecular formula is C10H16N4O2S. The fourth-order valence-corrected chi connectivity index (χ4v) is 1.36. The first-order valence-electron chi connectivity index (χ1n) is 5.03. The number of amidine groups is 1. The maximum absolute atomic E-state index is 11.4. The minimum absolute atomic E-state index is 0.0842. The molecule has 94 valence electrons. The number of carbonyl (C=O) groups is 1. The lowest BCUT2D eigenvalue weighted by molar-refractivity contribution is -0.113. The number of nitrogens with zero attached hydrogens (tertiary/aromatic N) is 1. The van der Waals surface area contributed by atoms with Crippen molar-refractivity contribution in [3.63, 3.8) is 0 Å². The number of thioether (sulfide) groups is 1. The molecular weight excluding hydrogens is 240 g/mol. The Morgan fingerprint density at radius 1 is 1.65 bits per heavy atom. The predicted octanol–water partition coefficient (Wildman–Crippen LogP) is 1.54. The van der Waals surface area contributed by atoms with Crippen LogP contribution in [0.25, 0.3) is 0 Å². The molecule has 0 unspecified atom stereocenters. The quantitative estimate of drug-likeness (QED) is 0.562. The molecule has 0 bridgehead atoms. The Hall–Kier alpha value is -1.50. The normalized spacial score (nSPS) is 11.2. The van der Waals surface area contributed by atoms with Crippen LogP contribution in [-0.4, -0.2) is 22.0 Å². The van der Waals surface area contributed by atoms with Crippen molar-refractivity contribution in [3.05, 3.63) is 11.8 Å². The number of rotatable bonds is 3. The van der Waals surface area contributed by atoms with Crippen LogP contribution < -0.4 is 11.1 Å². The zero-order valence-electron chi connectivity index (χ0n) is 10.0. The summed E-state index contributed by atoms with van der Waals surface area (Å²) in [5, 5.41) is 13.3. The van der Waals surface area contributed by atoms with Gasteiger partial charge in [0.15, 0.2) is 5.17 Å². The van der Waals surface area contributed by atoms with Crippen molar-refractivity contribution in [2.45, 2.75) is 26.2 Å². The maximum atomic E-state index is 11.4. The topological polar surface area (TPSA) is 105 Å². The molecule has 17 heavy (non-hydrogen) atoms. The van der Waals surface area contributed by atoms with Gasteiger partial charge in [0, 0.05) is 11.5 Å². The van der Waals surface area contributed by atoms with E-state index in [4.69, 9.17) is 15.7 Å². The van der Waals surface area contributed by atoms with Crippen molar-refractivity contribution >= 4 is 28.7 Å². The third kappa shape index (κ3) is 4.48. The number of anilines is 1. The Morgan fingerprint density at radius 2 is 2.29 bits per heavy atom. The molecule has 0 radical (unpaired) electrons. The van der Waals surface area contributed by atoms with E-state index in [1.165, 1.54) is 0 Å². The van der Waals surface area contributed by atoms with Crippen molar-refractivity contribution in [1.82, 2.24) is 5.16 Å². The number of hydrogen-bond acceptors (Lipinski definition) is 5. The zero-order valence-corrected chi connectivity index (χ0v) is 10.9. The molecule has 1 heterocycles. The van der Waals surface area contributed by atoms with Gasteiger partial charge in [-0.05, 0) is 0 Å². The first-order chi connectivity index (χ1) is 7.79. The number of nitrogens with one attached hydrogen (secondary N) is 2. The van der Waals surface area contributed by atoms with Crippen LogP contribution in [0.1, 0.15) is 26.5 Å². The van der Waals surface area contributed by atoms with Gasteiger partial charge in [-0.25, -0.2) is 0 Å². The van der Waals surface area contributed by atoms with Crippen LogP contribution in [0, 0.1) is 5.41 Å². The molecule has 0 saturated heterocycles. The lowest BCUT2D eigenvalue weighted by Gasteiger charge is -2.12. The van der Waals surface area contributed by atoms with E-state index in [0.717, 1.165) is 17.5 Å². The van der Waals surface area contributed by atoms with Crippen molar-refractivity contribution in [2.24, 2.45) is 5.73 Å². The summed E-state index contributed by atoms with van der Waals surface area (Å²) < 4.78 is 4.99. The van der Waals surface area contributed by atoms with Gasteiger partial charge in [0.1, 0.15) is 0 Å². The molecule has 0 aromatic carbocycles. The number of hydrogen-bond donors (Lipinski definition) is 3. The molecule has 6 nitrogen and oxygen atoms in total. The number of aromatic nitrogens is 1. The molecule has 1 amide bonds. The summed E-state index contributed by atoms with van der Waals surface area (Å²) in [6.45, 7) is 6.01. The van der Waals surface area contributed by atoms with Crippen LogP contribution in [0.3, 0.4) is 0 Å². The molecule has 0 saturated carbocycles. The summed E-state index contributed by atoms with van der Waals surface area (Å²) >= 11 is 0.958. The standard InChI is InChI=1S/C10H16N4O2S/c1-10(2,3)6-4-8(16-14-6)13-7(15)5-17-9(11)12/h4H,5H2,1-3H3,(H3,11,12)(H,13,15). The lowest BCUT2D eigenvalue weighted by Crippen LogP contribution is -2.17. The minimum Gasteiger partial charge on any atom is -0.379 e. The van der Waals surface area contributed by atoms with Gasteiger partial charge in [0.25, 0.3) is 0 Å². The van der Waals surface area contributed by atoms with Crippen LogP contribution in [0.5, 0.6) is 0 Å². The molecule has 0 spiro atoms. The summed E-state index contributed by atoms with van der Waals surface area (Å²) in [6, 6.07) is 1.69. The second-order valence-corrected chi connectivity index (χ2v) is 5.54. The number of nitrogens with two attached hydrogens (primary N) is 1. The van der Waals surface area contributed by atoms with Gasteiger partial charge in [0.05, 0.1) is 11.4 Å². The molecule has 0 aliphatic rings. The summed E-state index contributed by atoms with van der Waals surface area (Å²) in [7, 11) is 0. The van der Waals surface area contributed by atoms with Gasteiger partial charge < -0.3 is 10.3 Å². The van der Waals surface area contributed by atoms with E-state index in [1.54, 1.807) is 6.07 Å². The summed E-state index contributed by atoms with van der Waals surface area (Å²) in [6.07, 6.45) is 0. The monoisotopic (exact) mass is 256 g/mol. The maximum Gasteiger partial charge on any atom is 0.237 e. The number of carbonyl (C=O) groups excluding carboxylic acids is 1. The summed E-state index contributed by atoms with van der Waals surface area (Å²) in [4.78, 5) is 11.4. The Bertz CT molecular complexity index is 422. The second-order valence-electron chi connectivity index (χ2n) is 4.53. The summed E-state index contributed by atoms with van der Waals surface area (Å²) in [5.74, 6) is 0.117. The largest absolute Gasteiger partial charge is 0.379 e. The van der Waals surface area contributed by atoms with Gasteiger partial charge in [-0.1, -0.05) is 37.7 Å². The Balaban J connectivity index is 2.55. The Labute approximate surface area is 104 Å². The average Bonchev–Trinajstić information content (AvgIpc) is 2.62. The van der Waals surface area contributed by atoms with Crippen molar-refractivity contribution in [3.8, 4) is 0 Å². The van der Waals surface area contributed by atoms with E-state index >= 15 is 0 Å². The SMILES string of the molecule is CC(C)(C)c1cc(NC(=O)CSC(=N)N)on1. The van der Waals surface area contributed by atoms with E-state index in [9.17, 15) is 4.79 Å². The molecule has 0 aliphatic heterocycles. The third-order valence-electron chi connectivity index (χ3n) is 1.90. The highest BCUT2D eigenvalue weighted by molar-refractivity contribution is 8.14. The van der Waals surface area contributed by atoms with E-state index in [1.807, 2.05) is 20.8 Å². The fourth-order valence-electron chi connectivity index (χ4n) is 1.00. The van der Waals surface area contributed by atoms with Crippen LogP contribution in [0.2, 0.25) is 0 Å². The molecule has 1 aromatic rings. The highest BCUT2D eigenvalue weighted by Gasteiger charge is 2.19. The second kappa shape index (κ2) is 5.22. The highest BCUT2D eigenvalue weighted by Crippen LogP contribution is 2.23. The van der Waals surface area contributed by atoms with E-state index in [2.05, 4.69) is 10.5 Å². The van der Waals surface area contributed by atoms with Gasteiger partial charge >= 0.3 is 0 Å². The van der Waals surface area contributed by atoms with Crippen LogP contribution in [0.15, 0.2) is 10.6 Å². The van der Waals surface area contributed by atoms with E-state index in [-0.39, 0.29) is 22.2 Å². The van der Waals surface area contributed by atoms with Crippen LogP contribution >= 0.6 is 11.8 Å². The predicted molar refractivity (Wildman–Crippen MR) is 68.2 cm³/mol. The molecule has 1 aromatic heterocycles. The highest BCUT2D eigenvalue weighted by atomic mass is 32.2. The Kier molecular flexibility index (Phi) is 4.17. The first kappa shape index (κ1) is 13.6. The average molecular weight is 256 g/mol. The van der Waals surface area contributed by atoms with Gasteiger partial charge in [-0.15, -0.1) is 0 Å². The molecule has 0 fully saturated rings. The van der Waals surface area contributed by atoms with Gasteiger partial charge in [-0.2, -0.15) is 0 Å².